The van der Waals surface area contributed by atoms with Gasteiger partial charge in [-0.2, -0.15) is 0 Å². The number of halogens is 1. The molecule has 0 bridgehead atoms. The van der Waals surface area contributed by atoms with Gasteiger partial charge in [-0.15, -0.1) is 0 Å². The third-order valence-corrected chi connectivity index (χ3v) is 6.86. The summed E-state index contributed by atoms with van der Waals surface area (Å²) < 4.78 is 0. The molecule has 4 nitrogen and oxygen atoms in total. The van der Waals surface area contributed by atoms with E-state index >= 15 is 0 Å². The Morgan fingerprint density at radius 1 is 1.03 bits per heavy atom. The van der Waals surface area contributed by atoms with Crippen molar-refractivity contribution in [1.29, 1.82) is 0 Å². The molecule has 0 aromatic heterocycles. The Morgan fingerprint density at radius 2 is 1.76 bits per heavy atom. The van der Waals surface area contributed by atoms with Crippen molar-refractivity contribution in [2.75, 3.05) is 19.6 Å². The number of carbonyl (C=O) groups excluding carboxylic acids is 2. The highest BCUT2D eigenvalue weighted by Crippen LogP contribution is 2.45. The Labute approximate surface area is 177 Å². The van der Waals surface area contributed by atoms with Crippen molar-refractivity contribution in [2.45, 2.75) is 32.7 Å². The summed E-state index contributed by atoms with van der Waals surface area (Å²) in [5.74, 6) is 0.929. The molecule has 2 saturated heterocycles. The van der Waals surface area contributed by atoms with E-state index in [0.29, 0.717) is 24.7 Å². The lowest BCUT2D eigenvalue weighted by molar-refractivity contribution is -0.131. The number of hydrogen-bond acceptors (Lipinski definition) is 2. The van der Waals surface area contributed by atoms with Gasteiger partial charge in [0.1, 0.15) is 0 Å². The summed E-state index contributed by atoms with van der Waals surface area (Å²) >= 11 is 6.23. The molecule has 0 radical (unpaired) electrons. The van der Waals surface area contributed by atoms with Crippen LogP contribution < -0.4 is 0 Å². The second kappa shape index (κ2) is 8.19. The Kier molecular flexibility index (Phi) is 5.64. The molecule has 2 aromatic rings. The summed E-state index contributed by atoms with van der Waals surface area (Å²) in [4.78, 5) is 29.2. The van der Waals surface area contributed by atoms with Crippen LogP contribution in [0, 0.1) is 18.8 Å². The number of likely N-dealkylation sites (tertiary alicyclic amines) is 2. The van der Waals surface area contributed by atoms with E-state index in [0.717, 1.165) is 30.2 Å². The number of aryl methyl sites for hydroxylation is 2. The zero-order valence-corrected chi connectivity index (χ0v) is 17.7. The van der Waals surface area contributed by atoms with E-state index in [9.17, 15) is 9.59 Å². The van der Waals surface area contributed by atoms with Crippen LogP contribution in [0.4, 0.5) is 0 Å². The van der Waals surface area contributed by atoms with E-state index in [4.69, 9.17) is 11.6 Å². The minimum absolute atomic E-state index is 0.0556. The van der Waals surface area contributed by atoms with Gasteiger partial charge in [-0.3, -0.25) is 9.59 Å². The third kappa shape index (κ3) is 3.91. The molecule has 0 spiro atoms. The van der Waals surface area contributed by atoms with Crippen LogP contribution in [0.2, 0.25) is 5.02 Å². The maximum absolute atomic E-state index is 12.9. The Morgan fingerprint density at radius 3 is 2.48 bits per heavy atom. The van der Waals surface area contributed by atoms with Crippen LogP contribution in [0.5, 0.6) is 0 Å². The van der Waals surface area contributed by atoms with Crippen LogP contribution in [0.25, 0.3) is 0 Å². The first kappa shape index (κ1) is 20.0. The number of hydrogen-bond donors (Lipinski definition) is 0. The van der Waals surface area contributed by atoms with Crippen LogP contribution in [0.3, 0.4) is 0 Å². The highest BCUT2D eigenvalue weighted by molar-refractivity contribution is 6.31. The molecule has 5 heteroatoms. The van der Waals surface area contributed by atoms with Crippen LogP contribution in [-0.2, 0) is 16.0 Å². The van der Waals surface area contributed by atoms with Gasteiger partial charge < -0.3 is 9.80 Å². The van der Waals surface area contributed by atoms with Crippen molar-refractivity contribution in [3.8, 4) is 0 Å². The minimum atomic E-state index is 0.0556. The normalized spacial score (nSPS) is 23.3. The van der Waals surface area contributed by atoms with E-state index in [1.165, 1.54) is 11.1 Å². The van der Waals surface area contributed by atoms with Gasteiger partial charge in [0.15, 0.2) is 0 Å². The molecule has 0 N–H and O–H groups in total. The van der Waals surface area contributed by atoms with Crippen molar-refractivity contribution in [1.82, 2.24) is 9.80 Å². The minimum Gasteiger partial charge on any atom is -0.342 e. The van der Waals surface area contributed by atoms with Gasteiger partial charge in [-0.05, 0) is 36.1 Å². The maximum Gasteiger partial charge on any atom is 0.222 e. The molecule has 2 aliphatic rings. The van der Waals surface area contributed by atoms with Crippen LogP contribution in [-0.4, -0.2) is 41.2 Å². The average molecular weight is 411 g/mol. The van der Waals surface area contributed by atoms with Gasteiger partial charge in [0.25, 0.3) is 0 Å². The lowest BCUT2D eigenvalue weighted by atomic mass is 9.87. The molecular weight excluding hydrogens is 384 g/mol. The van der Waals surface area contributed by atoms with Crippen molar-refractivity contribution in [2.24, 2.45) is 11.8 Å². The topological polar surface area (TPSA) is 40.6 Å². The maximum atomic E-state index is 12.9. The van der Waals surface area contributed by atoms with Crippen molar-refractivity contribution >= 4 is 23.4 Å². The van der Waals surface area contributed by atoms with Crippen molar-refractivity contribution in [3.05, 3.63) is 70.2 Å². The molecule has 2 aromatic carbocycles. The fourth-order valence-electron chi connectivity index (χ4n) is 4.99. The molecule has 0 aliphatic carbocycles. The fourth-order valence-corrected chi connectivity index (χ4v) is 5.22. The molecule has 2 amide bonds. The Balaban J connectivity index is 1.48. The average Bonchev–Trinajstić information content (AvgIpc) is 3.26. The molecule has 0 unspecified atom stereocenters. The predicted octanol–water partition coefficient (Wildman–Crippen LogP) is 4.26. The number of benzene rings is 2. The van der Waals surface area contributed by atoms with Crippen molar-refractivity contribution < 1.29 is 9.59 Å². The number of nitrogens with zero attached hydrogens (tertiary/aromatic N) is 2. The standard InChI is InChI=1S/C24H27ClN2O2/c1-16-7-3-5-9-20(16)24-21-15-26(13-19(21)14-27(24)17(2)28)23(29)12-11-18-8-4-6-10-22(18)25/h3-10,19,21,24H,11-15H2,1-2H3/t19-,21-,24+/m1/s1. The Bertz CT molecular complexity index is 929. The predicted molar refractivity (Wildman–Crippen MR) is 115 cm³/mol. The smallest absolute Gasteiger partial charge is 0.222 e. The first-order chi connectivity index (χ1) is 14.0. The molecule has 2 fully saturated rings. The first-order valence-corrected chi connectivity index (χ1v) is 10.7. The molecule has 152 valence electrons. The summed E-state index contributed by atoms with van der Waals surface area (Å²) in [6, 6.07) is 16.1. The van der Waals surface area contributed by atoms with Crippen LogP contribution in [0.1, 0.15) is 36.1 Å². The summed E-state index contributed by atoms with van der Waals surface area (Å²) in [6.07, 6.45) is 1.12. The summed E-state index contributed by atoms with van der Waals surface area (Å²) in [7, 11) is 0. The second-order valence-electron chi connectivity index (χ2n) is 8.29. The van der Waals surface area contributed by atoms with Gasteiger partial charge in [0.2, 0.25) is 11.8 Å². The second-order valence-corrected chi connectivity index (χ2v) is 8.69. The first-order valence-electron chi connectivity index (χ1n) is 10.3. The quantitative estimate of drug-likeness (QED) is 0.755. The number of fused-ring (bicyclic) bond motifs is 1. The van der Waals surface area contributed by atoms with Crippen LogP contribution >= 0.6 is 11.6 Å². The fraction of sp³-hybridized carbons (Fsp3) is 0.417. The summed E-state index contributed by atoms with van der Waals surface area (Å²) in [5, 5.41) is 0.718. The number of amides is 2. The van der Waals surface area contributed by atoms with Gasteiger partial charge in [-0.1, -0.05) is 54.1 Å². The third-order valence-electron chi connectivity index (χ3n) is 6.49. The zero-order chi connectivity index (χ0) is 20.5. The summed E-state index contributed by atoms with van der Waals surface area (Å²) in [5.41, 5.74) is 3.43. The van der Waals surface area contributed by atoms with E-state index < -0.39 is 0 Å². The Hall–Kier alpha value is -2.33. The molecule has 3 atom stereocenters. The van der Waals surface area contributed by atoms with Gasteiger partial charge in [0.05, 0.1) is 6.04 Å². The van der Waals surface area contributed by atoms with Crippen molar-refractivity contribution in [3.63, 3.8) is 0 Å². The summed E-state index contributed by atoms with van der Waals surface area (Å²) in [6.45, 7) is 5.93. The monoisotopic (exact) mass is 410 g/mol. The van der Waals surface area contributed by atoms with E-state index in [1.807, 2.05) is 46.2 Å². The van der Waals surface area contributed by atoms with Gasteiger partial charge in [0, 0.05) is 49.8 Å². The SMILES string of the molecule is CC(=O)N1C[C@H]2CN(C(=O)CCc3ccccc3Cl)C[C@H]2[C@@H]1c1ccccc1C. The molecule has 0 saturated carbocycles. The largest absolute Gasteiger partial charge is 0.342 e. The lowest BCUT2D eigenvalue weighted by Crippen LogP contribution is -2.36. The molecular formula is C24H27ClN2O2. The molecule has 2 heterocycles. The molecule has 2 aliphatic heterocycles. The zero-order valence-electron chi connectivity index (χ0n) is 17.0. The van der Waals surface area contributed by atoms with E-state index in [-0.39, 0.29) is 17.9 Å². The number of carbonyl (C=O) groups is 2. The highest BCUT2D eigenvalue weighted by atomic mass is 35.5. The van der Waals surface area contributed by atoms with Gasteiger partial charge in [-0.25, -0.2) is 0 Å². The van der Waals surface area contributed by atoms with Crippen LogP contribution in [0.15, 0.2) is 48.5 Å². The molecule has 4 rings (SSSR count). The lowest BCUT2D eigenvalue weighted by Gasteiger charge is -2.30. The van der Waals surface area contributed by atoms with E-state index in [1.54, 1.807) is 6.92 Å². The number of rotatable bonds is 4. The van der Waals surface area contributed by atoms with Gasteiger partial charge >= 0.3 is 0 Å². The highest BCUT2D eigenvalue weighted by Gasteiger charge is 2.49. The molecule has 29 heavy (non-hydrogen) atoms. The van der Waals surface area contributed by atoms with E-state index in [2.05, 4.69) is 19.1 Å².